The molecule has 5 rings (SSSR count). The highest BCUT2D eigenvalue weighted by atomic mass is 35.5. The molecule has 0 saturated carbocycles. The van der Waals surface area contributed by atoms with Crippen molar-refractivity contribution in [2.75, 3.05) is 52.4 Å². The molecule has 8 heteroatoms. The van der Waals surface area contributed by atoms with Gasteiger partial charge in [-0.15, -0.1) is 0 Å². The first-order chi connectivity index (χ1) is 20.8. The number of amides is 1. The number of nitrogens with two attached hydrogens (primary N) is 1. The summed E-state index contributed by atoms with van der Waals surface area (Å²) in [5.41, 5.74) is 12.1. The molecule has 2 N–H and O–H groups in total. The third-order valence-corrected chi connectivity index (χ3v) is 9.20. The average molecular weight is 607 g/mol. The Balaban J connectivity index is 1.09. The lowest BCUT2D eigenvalue weighted by atomic mass is 9.88. The summed E-state index contributed by atoms with van der Waals surface area (Å²) < 4.78 is 20.2. The predicted octanol–water partition coefficient (Wildman–Crippen LogP) is 5.78. The monoisotopic (exact) mass is 606 g/mol. The lowest BCUT2D eigenvalue weighted by Crippen LogP contribution is -2.55. The van der Waals surface area contributed by atoms with Crippen molar-refractivity contribution in [3.05, 3.63) is 88.2 Å². The summed E-state index contributed by atoms with van der Waals surface area (Å²) in [6.45, 7) is 10.4. The molecule has 0 bridgehead atoms. The summed E-state index contributed by atoms with van der Waals surface area (Å²) in [6, 6.07) is 19.3. The quantitative estimate of drug-likeness (QED) is 0.317. The van der Waals surface area contributed by atoms with Gasteiger partial charge in [-0.1, -0.05) is 53.6 Å². The SMILES string of the molecule is CCOc1cccc(F)c1CN1CCN(C(=O)[C@H](N)C2CCN(CCc3cc(Cl)ccc3-c3cccc(C)c3)CC2)CC1. The molecule has 2 saturated heterocycles. The number of ether oxygens (including phenoxy) is 1. The molecular weight excluding hydrogens is 563 g/mol. The molecular formula is C35H44ClFN4O2. The van der Waals surface area contributed by atoms with Crippen molar-refractivity contribution in [2.24, 2.45) is 11.7 Å². The fraction of sp³-hybridized carbons (Fsp3) is 0.457. The topological polar surface area (TPSA) is 62.0 Å². The summed E-state index contributed by atoms with van der Waals surface area (Å²) in [5.74, 6) is 0.564. The van der Waals surface area contributed by atoms with Crippen molar-refractivity contribution in [3.8, 4) is 16.9 Å². The molecule has 3 aromatic carbocycles. The molecule has 0 radical (unpaired) electrons. The Morgan fingerprint density at radius 1 is 1.00 bits per heavy atom. The molecule has 2 heterocycles. The molecule has 230 valence electrons. The zero-order chi connectivity index (χ0) is 30.3. The Bertz CT molecular complexity index is 1390. The van der Waals surface area contributed by atoms with Crippen LogP contribution in [0.25, 0.3) is 11.1 Å². The van der Waals surface area contributed by atoms with Crippen LogP contribution in [0.5, 0.6) is 5.75 Å². The zero-order valence-corrected chi connectivity index (χ0v) is 26.2. The fourth-order valence-corrected chi connectivity index (χ4v) is 6.62. The first-order valence-corrected chi connectivity index (χ1v) is 15.9. The minimum Gasteiger partial charge on any atom is -0.493 e. The van der Waals surface area contributed by atoms with E-state index < -0.39 is 6.04 Å². The molecule has 0 unspecified atom stereocenters. The Morgan fingerprint density at radius 3 is 2.47 bits per heavy atom. The van der Waals surface area contributed by atoms with Crippen LogP contribution in [0.2, 0.25) is 5.02 Å². The van der Waals surface area contributed by atoms with E-state index in [1.54, 1.807) is 6.07 Å². The van der Waals surface area contributed by atoms with E-state index in [2.05, 4.69) is 53.1 Å². The molecule has 6 nitrogen and oxygen atoms in total. The fourth-order valence-electron chi connectivity index (χ4n) is 6.42. The van der Waals surface area contributed by atoms with Gasteiger partial charge in [0.1, 0.15) is 11.6 Å². The number of aryl methyl sites for hydroxylation is 1. The lowest BCUT2D eigenvalue weighted by molar-refractivity contribution is -0.136. The van der Waals surface area contributed by atoms with Gasteiger partial charge in [-0.3, -0.25) is 9.69 Å². The summed E-state index contributed by atoms with van der Waals surface area (Å²) in [6.07, 6.45) is 2.75. The van der Waals surface area contributed by atoms with Gasteiger partial charge in [0, 0.05) is 49.9 Å². The zero-order valence-electron chi connectivity index (χ0n) is 25.4. The van der Waals surface area contributed by atoms with Gasteiger partial charge in [0.15, 0.2) is 0 Å². The molecule has 3 aromatic rings. The molecule has 2 aliphatic heterocycles. The van der Waals surface area contributed by atoms with Gasteiger partial charge in [-0.05, 0) is 93.1 Å². The number of likely N-dealkylation sites (tertiary alicyclic amines) is 1. The van der Waals surface area contributed by atoms with Crippen LogP contribution in [0.4, 0.5) is 4.39 Å². The number of hydrogen-bond donors (Lipinski definition) is 1. The van der Waals surface area contributed by atoms with Crippen LogP contribution in [-0.4, -0.2) is 79.1 Å². The van der Waals surface area contributed by atoms with Crippen molar-refractivity contribution in [1.82, 2.24) is 14.7 Å². The van der Waals surface area contributed by atoms with Gasteiger partial charge in [0.25, 0.3) is 0 Å². The van der Waals surface area contributed by atoms with Gasteiger partial charge in [-0.25, -0.2) is 4.39 Å². The van der Waals surface area contributed by atoms with E-state index in [0.717, 1.165) is 43.9 Å². The molecule has 2 aliphatic rings. The van der Waals surface area contributed by atoms with Crippen molar-refractivity contribution >= 4 is 17.5 Å². The smallest absolute Gasteiger partial charge is 0.239 e. The van der Waals surface area contributed by atoms with E-state index in [-0.39, 0.29) is 17.6 Å². The minimum absolute atomic E-state index is 0.0423. The van der Waals surface area contributed by atoms with Crippen LogP contribution < -0.4 is 10.5 Å². The Hall–Kier alpha value is -2.97. The summed E-state index contributed by atoms with van der Waals surface area (Å²) >= 11 is 6.39. The maximum Gasteiger partial charge on any atom is 0.239 e. The molecule has 0 aromatic heterocycles. The average Bonchev–Trinajstić information content (AvgIpc) is 3.02. The molecule has 1 amide bonds. The van der Waals surface area contributed by atoms with Crippen LogP contribution in [0, 0.1) is 18.7 Å². The van der Waals surface area contributed by atoms with E-state index >= 15 is 0 Å². The van der Waals surface area contributed by atoms with E-state index in [1.165, 1.54) is 28.3 Å². The van der Waals surface area contributed by atoms with Gasteiger partial charge < -0.3 is 20.3 Å². The first kappa shape index (κ1) is 31.5. The number of nitrogens with zero attached hydrogens (tertiary/aromatic N) is 3. The van der Waals surface area contributed by atoms with E-state index in [0.29, 0.717) is 50.6 Å². The number of piperidine rings is 1. The van der Waals surface area contributed by atoms with Crippen LogP contribution in [0.15, 0.2) is 60.7 Å². The maximum atomic E-state index is 14.5. The molecule has 0 spiro atoms. The van der Waals surface area contributed by atoms with Crippen LogP contribution in [0.1, 0.15) is 36.5 Å². The number of piperazine rings is 1. The van der Waals surface area contributed by atoms with E-state index in [9.17, 15) is 9.18 Å². The predicted molar refractivity (Wildman–Crippen MR) is 172 cm³/mol. The van der Waals surface area contributed by atoms with Gasteiger partial charge in [-0.2, -0.15) is 0 Å². The number of carbonyl (C=O) groups excluding carboxylic acids is 1. The van der Waals surface area contributed by atoms with Crippen molar-refractivity contribution in [2.45, 2.75) is 45.7 Å². The highest BCUT2D eigenvalue weighted by Gasteiger charge is 2.33. The number of benzene rings is 3. The van der Waals surface area contributed by atoms with Gasteiger partial charge in [0.05, 0.1) is 12.6 Å². The van der Waals surface area contributed by atoms with Crippen molar-refractivity contribution < 1.29 is 13.9 Å². The second-order valence-corrected chi connectivity index (χ2v) is 12.3. The normalized spacial score (nSPS) is 17.7. The van der Waals surface area contributed by atoms with E-state index in [1.807, 2.05) is 24.0 Å². The Labute approximate surface area is 260 Å². The standard InChI is InChI=1S/C35H44ClFN4O2/c1-3-43-33-9-5-8-32(37)31(33)24-40-18-20-41(21-19-40)35(42)34(38)26-12-15-39(16-13-26)17-14-28-23-29(36)10-11-30(28)27-7-4-6-25(2)22-27/h4-11,22-23,26,34H,3,12-21,24,38H2,1-2H3/t34-/m1/s1. The maximum absolute atomic E-state index is 14.5. The van der Waals surface area contributed by atoms with Gasteiger partial charge >= 0.3 is 0 Å². The number of halogens is 2. The third kappa shape index (κ3) is 7.95. The largest absolute Gasteiger partial charge is 0.493 e. The van der Waals surface area contributed by atoms with Crippen LogP contribution in [-0.2, 0) is 17.8 Å². The van der Waals surface area contributed by atoms with Crippen LogP contribution in [0.3, 0.4) is 0 Å². The molecule has 0 aliphatic carbocycles. The summed E-state index contributed by atoms with van der Waals surface area (Å²) in [4.78, 5) is 19.9. The third-order valence-electron chi connectivity index (χ3n) is 8.96. The van der Waals surface area contributed by atoms with Crippen molar-refractivity contribution in [3.63, 3.8) is 0 Å². The molecule has 1 atom stereocenters. The number of carbonyl (C=O) groups is 1. The first-order valence-electron chi connectivity index (χ1n) is 15.6. The summed E-state index contributed by atoms with van der Waals surface area (Å²) in [7, 11) is 0. The second kappa shape index (κ2) is 14.7. The molecule has 2 fully saturated rings. The number of rotatable bonds is 10. The minimum atomic E-state index is -0.481. The Morgan fingerprint density at radius 2 is 1.74 bits per heavy atom. The molecule has 43 heavy (non-hydrogen) atoms. The highest BCUT2D eigenvalue weighted by Crippen LogP contribution is 2.29. The summed E-state index contributed by atoms with van der Waals surface area (Å²) in [5, 5.41) is 0.762. The lowest BCUT2D eigenvalue weighted by Gasteiger charge is -2.39. The second-order valence-electron chi connectivity index (χ2n) is 11.9. The van der Waals surface area contributed by atoms with Gasteiger partial charge in [0.2, 0.25) is 5.91 Å². The van der Waals surface area contributed by atoms with Crippen molar-refractivity contribution in [1.29, 1.82) is 0 Å². The van der Waals surface area contributed by atoms with Crippen LogP contribution >= 0.6 is 11.6 Å². The highest BCUT2D eigenvalue weighted by molar-refractivity contribution is 6.30. The van der Waals surface area contributed by atoms with E-state index in [4.69, 9.17) is 22.1 Å². The number of hydrogen-bond acceptors (Lipinski definition) is 5. The Kier molecular flexibility index (Phi) is 10.7.